The molecular weight excluding hydrogens is 276 g/mol. The van der Waals surface area contributed by atoms with Crippen LogP contribution in [0.4, 0.5) is 0 Å². The van der Waals surface area contributed by atoms with Gasteiger partial charge in [0.1, 0.15) is 0 Å². The summed E-state index contributed by atoms with van der Waals surface area (Å²) in [5.74, 6) is 0.556. The molecule has 4 heterocycles. The average Bonchev–Trinajstić information content (AvgIpc) is 3.20. The van der Waals surface area contributed by atoms with Crippen LogP contribution in [0.25, 0.3) is 5.65 Å². The summed E-state index contributed by atoms with van der Waals surface area (Å²) in [6.45, 7) is 7.18. The summed E-state index contributed by atoms with van der Waals surface area (Å²) in [5.41, 5.74) is 5.61. The topological polar surface area (TPSA) is 62.1 Å². The van der Waals surface area contributed by atoms with Gasteiger partial charge in [-0.15, -0.1) is 0 Å². The van der Waals surface area contributed by atoms with Gasteiger partial charge in [0.05, 0.1) is 6.20 Å². The number of nitrogens with zero attached hydrogens (tertiary/aromatic N) is 5. The first-order chi connectivity index (χ1) is 10.7. The zero-order chi connectivity index (χ0) is 15.1. The molecule has 0 unspecified atom stereocenters. The molecule has 22 heavy (non-hydrogen) atoms. The molecule has 1 aliphatic rings. The molecule has 6 nitrogen and oxygen atoms in total. The largest absolute Gasteiger partial charge is 0.298 e. The van der Waals surface area contributed by atoms with E-state index in [1.54, 1.807) is 0 Å². The molecule has 6 heteroatoms. The number of aromatic amines is 1. The maximum Gasteiger partial charge on any atom is 0.159 e. The normalized spacial score (nSPS) is 19.3. The lowest BCUT2D eigenvalue weighted by Gasteiger charge is -2.14. The van der Waals surface area contributed by atoms with Crippen molar-refractivity contribution in [1.29, 1.82) is 0 Å². The van der Waals surface area contributed by atoms with Crippen molar-refractivity contribution in [3.8, 4) is 0 Å². The first-order valence-corrected chi connectivity index (χ1v) is 7.73. The van der Waals surface area contributed by atoms with Crippen molar-refractivity contribution in [3.63, 3.8) is 0 Å². The third-order valence-electron chi connectivity index (χ3n) is 4.48. The molecule has 1 N–H and O–H groups in total. The minimum Gasteiger partial charge on any atom is -0.298 e. The molecule has 114 valence electrons. The Morgan fingerprint density at radius 1 is 1.36 bits per heavy atom. The van der Waals surface area contributed by atoms with Crippen LogP contribution in [0.15, 0.2) is 24.5 Å². The van der Waals surface area contributed by atoms with Gasteiger partial charge >= 0.3 is 0 Å². The SMILES string of the molecule is Cc1cc(C)n2ncc(CN3CC[C@H](c4ccn[nH]4)C3)c2n1. The molecule has 1 fully saturated rings. The molecule has 0 amide bonds. The Morgan fingerprint density at radius 2 is 2.27 bits per heavy atom. The predicted octanol–water partition coefficient (Wildman–Crippen LogP) is 2.06. The molecule has 4 rings (SSSR count). The monoisotopic (exact) mass is 296 g/mol. The van der Waals surface area contributed by atoms with Crippen molar-refractivity contribution in [2.75, 3.05) is 13.1 Å². The number of aryl methyl sites for hydroxylation is 2. The quantitative estimate of drug-likeness (QED) is 0.803. The summed E-state index contributed by atoms with van der Waals surface area (Å²) in [6.07, 6.45) is 4.96. The van der Waals surface area contributed by atoms with E-state index >= 15 is 0 Å². The number of fused-ring (bicyclic) bond motifs is 1. The highest BCUT2D eigenvalue weighted by Crippen LogP contribution is 2.27. The van der Waals surface area contributed by atoms with Gasteiger partial charge in [0.25, 0.3) is 0 Å². The van der Waals surface area contributed by atoms with Crippen LogP contribution < -0.4 is 0 Å². The fraction of sp³-hybridized carbons (Fsp3) is 0.438. The van der Waals surface area contributed by atoms with E-state index in [-0.39, 0.29) is 0 Å². The summed E-state index contributed by atoms with van der Waals surface area (Å²) in [5, 5.41) is 11.6. The van der Waals surface area contributed by atoms with Gasteiger partial charge in [-0.1, -0.05) is 0 Å². The second-order valence-corrected chi connectivity index (χ2v) is 6.18. The highest BCUT2D eigenvalue weighted by molar-refractivity contribution is 5.47. The number of aromatic nitrogens is 5. The number of H-pyrrole nitrogens is 1. The highest BCUT2D eigenvalue weighted by Gasteiger charge is 2.25. The zero-order valence-electron chi connectivity index (χ0n) is 13.0. The Labute approximate surface area is 129 Å². The van der Waals surface area contributed by atoms with E-state index < -0.39 is 0 Å². The molecule has 3 aromatic rings. The first-order valence-electron chi connectivity index (χ1n) is 7.73. The molecule has 1 atom stereocenters. The lowest BCUT2D eigenvalue weighted by molar-refractivity contribution is 0.327. The van der Waals surface area contributed by atoms with Crippen LogP contribution in [0.1, 0.15) is 35.0 Å². The van der Waals surface area contributed by atoms with E-state index in [2.05, 4.69) is 44.2 Å². The van der Waals surface area contributed by atoms with Crippen LogP contribution in [0.2, 0.25) is 0 Å². The van der Waals surface area contributed by atoms with Gasteiger partial charge in [0, 0.05) is 47.8 Å². The molecule has 3 aromatic heterocycles. The number of hydrogen-bond donors (Lipinski definition) is 1. The molecule has 0 aliphatic carbocycles. The Morgan fingerprint density at radius 3 is 3.09 bits per heavy atom. The van der Waals surface area contributed by atoms with E-state index in [9.17, 15) is 0 Å². The lowest BCUT2D eigenvalue weighted by Crippen LogP contribution is -2.20. The molecule has 0 spiro atoms. The molecule has 0 bridgehead atoms. The summed E-state index contributed by atoms with van der Waals surface area (Å²) >= 11 is 0. The van der Waals surface area contributed by atoms with Gasteiger partial charge in [0.2, 0.25) is 0 Å². The summed E-state index contributed by atoms with van der Waals surface area (Å²) in [4.78, 5) is 7.14. The van der Waals surface area contributed by atoms with E-state index in [0.717, 1.165) is 36.7 Å². The van der Waals surface area contributed by atoms with E-state index in [4.69, 9.17) is 0 Å². The van der Waals surface area contributed by atoms with Crippen LogP contribution in [0, 0.1) is 13.8 Å². The van der Waals surface area contributed by atoms with Crippen LogP contribution in [-0.2, 0) is 6.54 Å². The fourth-order valence-corrected chi connectivity index (χ4v) is 3.39. The van der Waals surface area contributed by atoms with E-state index in [1.165, 1.54) is 17.7 Å². The predicted molar refractivity (Wildman–Crippen MR) is 83.7 cm³/mol. The second kappa shape index (κ2) is 5.21. The lowest BCUT2D eigenvalue weighted by atomic mass is 10.1. The molecule has 1 aliphatic heterocycles. The Hall–Kier alpha value is -2.21. The van der Waals surface area contributed by atoms with Gasteiger partial charge < -0.3 is 0 Å². The number of hydrogen-bond acceptors (Lipinski definition) is 4. The van der Waals surface area contributed by atoms with Crippen molar-refractivity contribution in [2.24, 2.45) is 0 Å². The first kappa shape index (κ1) is 13.5. The Kier molecular flexibility index (Phi) is 3.18. The minimum atomic E-state index is 0.556. The summed E-state index contributed by atoms with van der Waals surface area (Å²) in [6, 6.07) is 4.14. The fourth-order valence-electron chi connectivity index (χ4n) is 3.39. The zero-order valence-corrected chi connectivity index (χ0v) is 13.0. The van der Waals surface area contributed by atoms with Crippen molar-refractivity contribution >= 4 is 5.65 Å². The summed E-state index contributed by atoms with van der Waals surface area (Å²) < 4.78 is 1.94. The van der Waals surface area contributed by atoms with Gasteiger partial charge in [0.15, 0.2) is 5.65 Å². The molecule has 0 radical (unpaired) electrons. The van der Waals surface area contributed by atoms with Gasteiger partial charge in [-0.25, -0.2) is 9.50 Å². The van der Waals surface area contributed by atoms with Crippen molar-refractivity contribution < 1.29 is 0 Å². The van der Waals surface area contributed by atoms with Crippen molar-refractivity contribution in [3.05, 3.63) is 47.2 Å². The minimum absolute atomic E-state index is 0.556. The number of likely N-dealkylation sites (tertiary alicyclic amines) is 1. The molecule has 0 aromatic carbocycles. The second-order valence-electron chi connectivity index (χ2n) is 6.18. The molecule has 0 saturated carbocycles. The van der Waals surface area contributed by atoms with Crippen LogP contribution in [0.5, 0.6) is 0 Å². The third kappa shape index (κ3) is 2.29. The highest BCUT2D eigenvalue weighted by atomic mass is 15.3. The summed E-state index contributed by atoms with van der Waals surface area (Å²) in [7, 11) is 0. The van der Waals surface area contributed by atoms with Crippen molar-refractivity contribution in [1.82, 2.24) is 29.7 Å². The van der Waals surface area contributed by atoms with Crippen LogP contribution in [-0.4, -0.2) is 42.8 Å². The standard InChI is InChI=1S/C16H20N6/c1-11-7-12(2)22-16(19-11)14(8-18-22)10-21-6-4-13(9-21)15-3-5-17-20-15/h3,5,7-8,13H,4,6,9-10H2,1-2H3,(H,17,20)/t13-/m0/s1. The van der Waals surface area contributed by atoms with Crippen molar-refractivity contribution in [2.45, 2.75) is 32.7 Å². The maximum absolute atomic E-state index is 4.67. The van der Waals surface area contributed by atoms with Gasteiger partial charge in [-0.05, 0) is 38.9 Å². The third-order valence-corrected chi connectivity index (χ3v) is 4.48. The van der Waals surface area contributed by atoms with Crippen LogP contribution in [0.3, 0.4) is 0 Å². The Bertz CT molecular complexity index is 788. The smallest absolute Gasteiger partial charge is 0.159 e. The van der Waals surface area contributed by atoms with E-state index in [1.807, 2.05) is 23.8 Å². The number of nitrogens with one attached hydrogen (secondary N) is 1. The maximum atomic E-state index is 4.67. The van der Waals surface area contributed by atoms with Gasteiger partial charge in [-0.3, -0.25) is 10.00 Å². The number of rotatable bonds is 3. The van der Waals surface area contributed by atoms with Gasteiger partial charge in [-0.2, -0.15) is 10.2 Å². The molecule has 1 saturated heterocycles. The molecular formula is C16H20N6. The average molecular weight is 296 g/mol. The Balaban J connectivity index is 1.55. The van der Waals surface area contributed by atoms with E-state index in [0.29, 0.717) is 5.92 Å². The van der Waals surface area contributed by atoms with Crippen LogP contribution >= 0.6 is 0 Å².